The van der Waals surface area contributed by atoms with Crippen LogP contribution in [0.15, 0.2) is 23.1 Å². The van der Waals surface area contributed by atoms with Crippen LogP contribution in [-0.2, 0) is 0 Å². The van der Waals surface area contributed by atoms with Crippen molar-refractivity contribution in [2.45, 2.75) is 18.4 Å². The van der Waals surface area contributed by atoms with Gasteiger partial charge in [-0.3, -0.25) is 0 Å². The van der Waals surface area contributed by atoms with Gasteiger partial charge in [0.2, 0.25) is 0 Å². The van der Waals surface area contributed by atoms with Crippen LogP contribution in [0, 0.1) is 0 Å². The first-order chi connectivity index (χ1) is 4.79. The van der Waals surface area contributed by atoms with Gasteiger partial charge in [-0.1, -0.05) is 17.7 Å². The highest BCUT2D eigenvalue weighted by atomic mass is 32.2. The maximum atomic E-state index is 2.32. The van der Waals surface area contributed by atoms with Crippen LogP contribution < -0.4 is 0 Å². The summed E-state index contributed by atoms with van der Waals surface area (Å²) in [4.78, 5) is 0. The minimum atomic E-state index is 0.662. The van der Waals surface area contributed by atoms with Gasteiger partial charge in [0.05, 0.1) is 4.58 Å². The van der Waals surface area contributed by atoms with Gasteiger partial charge in [-0.15, -0.1) is 23.5 Å². The van der Waals surface area contributed by atoms with E-state index in [0.29, 0.717) is 4.58 Å². The number of allylic oxidation sites excluding steroid dienone is 1. The van der Waals surface area contributed by atoms with Crippen LogP contribution in [0.5, 0.6) is 0 Å². The van der Waals surface area contributed by atoms with E-state index in [1.165, 1.54) is 11.3 Å². The Bertz CT molecular complexity index is 155. The summed E-state index contributed by atoms with van der Waals surface area (Å²) in [5.41, 5.74) is 1.42. The van der Waals surface area contributed by atoms with Gasteiger partial charge in [-0.2, -0.15) is 0 Å². The Labute approximate surface area is 71.2 Å². The molecule has 0 saturated heterocycles. The van der Waals surface area contributed by atoms with Gasteiger partial charge in [0.1, 0.15) is 0 Å². The summed E-state index contributed by atoms with van der Waals surface area (Å²) in [5, 5.41) is 2.20. The van der Waals surface area contributed by atoms with E-state index in [-0.39, 0.29) is 0 Å². The van der Waals surface area contributed by atoms with Gasteiger partial charge < -0.3 is 0 Å². The molecule has 0 nitrogen and oxygen atoms in total. The van der Waals surface area contributed by atoms with Crippen molar-refractivity contribution < 1.29 is 0 Å². The third-order valence-electron chi connectivity index (χ3n) is 1.14. The maximum Gasteiger partial charge on any atom is 0.0728 e. The van der Waals surface area contributed by atoms with Crippen molar-refractivity contribution in [3.05, 3.63) is 23.1 Å². The Morgan fingerprint density at radius 2 is 2.40 bits per heavy atom. The standard InChI is InChI=1S/C8H12S2/c1-7(2)6-8-9-4-3-5-10-8/h3-4,6,8H,5H2,1-2H3. The summed E-state index contributed by atoms with van der Waals surface area (Å²) in [5.74, 6) is 1.17. The molecule has 1 atom stereocenters. The minimum Gasteiger partial charge on any atom is -0.139 e. The molecule has 0 spiro atoms. The normalized spacial score (nSPS) is 24.4. The van der Waals surface area contributed by atoms with E-state index in [1.807, 2.05) is 23.5 Å². The zero-order valence-corrected chi connectivity index (χ0v) is 7.97. The minimum absolute atomic E-state index is 0.662. The number of hydrogen-bond donors (Lipinski definition) is 0. The zero-order valence-electron chi connectivity index (χ0n) is 6.33. The molecule has 0 N–H and O–H groups in total. The fourth-order valence-electron chi connectivity index (χ4n) is 0.722. The van der Waals surface area contributed by atoms with Gasteiger partial charge in [-0.05, 0) is 19.3 Å². The van der Waals surface area contributed by atoms with Crippen LogP contribution in [0.4, 0.5) is 0 Å². The quantitative estimate of drug-likeness (QED) is 0.557. The predicted octanol–water partition coefficient (Wildman–Crippen LogP) is 3.27. The van der Waals surface area contributed by atoms with Crippen molar-refractivity contribution in [3.8, 4) is 0 Å². The third kappa shape index (κ3) is 2.84. The molecule has 1 rings (SSSR count). The summed E-state index contributed by atoms with van der Waals surface area (Å²) in [6, 6.07) is 0. The number of thioether (sulfide) groups is 2. The molecular weight excluding hydrogens is 160 g/mol. The van der Waals surface area contributed by atoms with Crippen molar-refractivity contribution in [3.63, 3.8) is 0 Å². The summed E-state index contributed by atoms with van der Waals surface area (Å²) >= 11 is 3.89. The molecule has 0 saturated carbocycles. The van der Waals surface area contributed by atoms with Crippen LogP contribution in [0.3, 0.4) is 0 Å². The highest BCUT2D eigenvalue weighted by Gasteiger charge is 2.06. The zero-order chi connectivity index (χ0) is 7.40. The molecule has 1 aliphatic rings. The summed E-state index contributed by atoms with van der Waals surface area (Å²) in [7, 11) is 0. The second-order valence-electron chi connectivity index (χ2n) is 2.45. The highest BCUT2D eigenvalue weighted by Crippen LogP contribution is 2.30. The molecular formula is C8H12S2. The van der Waals surface area contributed by atoms with Crippen LogP contribution in [0.2, 0.25) is 0 Å². The Morgan fingerprint density at radius 1 is 1.60 bits per heavy atom. The van der Waals surface area contributed by atoms with E-state index in [1.54, 1.807) is 0 Å². The lowest BCUT2D eigenvalue weighted by molar-refractivity contribution is 1.35. The monoisotopic (exact) mass is 172 g/mol. The molecule has 1 unspecified atom stereocenters. The second kappa shape index (κ2) is 4.14. The molecule has 0 radical (unpaired) electrons. The Hall–Kier alpha value is 0.180. The number of rotatable bonds is 1. The molecule has 0 aromatic heterocycles. The van der Waals surface area contributed by atoms with Crippen LogP contribution >= 0.6 is 23.5 Å². The summed E-state index contributed by atoms with van der Waals surface area (Å²) in [6.07, 6.45) is 4.53. The first kappa shape index (κ1) is 8.28. The molecule has 10 heavy (non-hydrogen) atoms. The molecule has 0 bridgehead atoms. The average Bonchev–Trinajstić information content (AvgIpc) is 1.88. The first-order valence-electron chi connectivity index (χ1n) is 3.36. The van der Waals surface area contributed by atoms with Crippen LogP contribution in [0.1, 0.15) is 13.8 Å². The average molecular weight is 172 g/mol. The molecule has 0 fully saturated rings. The van der Waals surface area contributed by atoms with Gasteiger partial charge in [0.25, 0.3) is 0 Å². The Balaban J connectivity index is 2.42. The SMILES string of the molecule is CC(C)=CC1SC=CCS1. The molecule has 2 heteroatoms. The molecule has 1 aliphatic heterocycles. The molecule has 0 amide bonds. The fraction of sp³-hybridized carbons (Fsp3) is 0.500. The van der Waals surface area contributed by atoms with Gasteiger partial charge in [0.15, 0.2) is 0 Å². The van der Waals surface area contributed by atoms with Crippen molar-refractivity contribution in [2.75, 3.05) is 5.75 Å². The van der Waals surface area contributed by atoms with Crippen molar-refractivity contribution in [2.24, 2.45) is 0 Å². The second-order valence-corrected chi connectivity index (χ2v) is 4.98. The van der Waals surface area contributed by atoms with Crippen molar-refractivity contribution in [1.29, 1.82) is 0 Å². The lowest BCUT2D eigenvalue weighted by atomic mass is 10.3. The predicted molar refractivity (Wildman–Crippen MR) is 52.4 cm³/mol. The van der Waals surface area contributed by atoms with E-state index in [4.69, 9.17) is 0 Å². The Kier molecular flexibility index (Phi) is 3.43. The van der Waals surface area contributed by atoms with Crippen LogP contribution in [0.25, 0.3) is 0 Å². The molecule has 0 aromatic rings. The van der Waals surface area contributed by atoms with E-state index in [0.717, 1.165) is 0 Å². The lowest BCUT2D eigenvalue weighted by Gasteiger charge is -2.12. The van der Waals surface area contributed by atoms with Gasteiger partial charge in [-0.25, -0.2) is 0 Å². The summed E-state index contributed by atoms with van der Waals surface area (Å²) in [6.45, 7) is 4.30. The smallest absolute Gasteiger partial charge is 0.0728 e. The molecule has 1 heterocycles. The van der Waals surface area contributed by atoms with Gasteiger partial charge in [0, 0.05) is 5.75 Å². The molecule has 0 aromatic carbocycles. The largest absolute Gasteiger partial charge is 0.139 e. The highest BCUT2D eigenvalue weighted by molar-refractivity contribution is 8.19. The van der Waals surface area contributed by atoms with E-state index in [2.05, 4.69) is 31.4 Å². The molecule has 0 aliphatic carbocycles. The van der Waals surface area contributed by atoms with E-state index >= 15 is 0 Å². The third-order valence-corrected chi connectivity index (χ3v) is 3.48. The fourth-order valence-corrected chi connectivity index (χ4v) is 3.06. The topological polar surface area (TPSA) is 0 Å². The van der Waals surface area contributed by atoms with Gasteiger partial charge >= 0.3 is 0 Å². The van der Waals surface area contributed by atoms with Crippen molar-refractivity contribution >= 4 is 23.5 Å². The van der Waals surface area contributed by atoms with Crippen LogP contribution in [-0.4, -0.2) is 10.3 Å². The van der Waals surface area contributed by atoms with Crippen molar-refractivity contribution in [1.82, 2.24) is 0 Å². The van der Waals surface area contributed by atoms with E-state index in [9.17, 15) is 0 Å². The lowest BCUT2D eigenvalue weighted by Crippen LogP contribution is -1.95. The molecule has 56 valence electrons. The maximum absolute atomic E-state index is 2.32. The summed E-state index contributed by atoms with van der Waals surface area (Å²) < 4.78 is 0.662. The number of hydrogen-bond acceptors (Lipinski definition) is 2. The van der Waals surface area contributed by atoms with E-state index < -0.39 is 0 Å². The Morgan fingerprint density at radius 3 is 2.90 bits per heavy atom. The first-order valence-corrected chi connectivity index (χ1v) is 5.35.